The Balaban J connectivity index is 1.64. The van der Waals surface area contributed by atoms with Gasteiger partial charge in [-0.05, 0) is 66.1 Å². The van der Waals surface area contributed by atoms with E-state index < -0.39 is 0 Å². The molecule has 0 aliphatic carbocycles. The summed E-state index contributed by atoms with van der Waals surface area (Å²) < 4.78 is 6.50. The Morgan fingerprint density at radius 1 is 0.724 bits per heavy atom. The fraction of sp³-hybridized carbons (Fsp3) is 0. The smallest absolute Gasteiger partial charge is 0.140 e. The van der Waals surface area contributed by atoms with E-state index in [1.165, 1.54) is 11.5 Å². The van der Waals surface area contributed by atoms with Crippen LogP contribution in [0.2, 0.25) is 0 Å². The predicted molar refractivity (Wildman–Crippen MR) is 119 cm³/mol. The molecule has 0 N–H and O–H groups in total. The second-order valence-corrected chi connectivity index (χ2v) is 7.22. The van der Waals surface area contributed by atoms with E-state index in [4.69, 9.17) is 4.98 Å². The number of anilines is 3. The summed E-state index contributed by atoms with van der Waals surface area (Å²) in [5, 5.41) is 2.00. The molecule has 140 valence electrons. The van der Waals surface area contributed by atoms with Crippen molar-refractivity contribution in [1.29, 1.82) is 0 Å². The molecule has 0 saturated heterocycles. The monoisotopic (exact) mass is 394 g/mol. The van der Waals surface area contributed by atoms with Gasteiger partial charge in [-0.1, -0.05) is 36.4 Å². The van der Waals surface area contributed by atoms with E-state index in [0.29, 0.717) is 0 Å². The third-order valence-electron chi connectivity index (χ3n) is 4.67. The van der Waals surface area contributed by atoms with Gasteiger partial charge in [-0.2, -0.15) is 4.37 Å². The second kappa shape index (κ2) is 7.73. The highest BCUT2D eigenvalue weighted by atomic mass is 32.1. The van der Waals surface area contributed by atoms with Crippen molar-refractivity contribution in [2.45, 2.75) is 0 Å². The van der Waals surface area contributed by atoms with Gasteiger partial charge in [-0.15, -0.1) is 0 Å². The minimum Gasteiger partial charge on any atom is -0.309 e. The highest BCUT2D eigenvalue weighted by molar-refractivity contribution is 7.03. The van der Waals surface area contributed by atoms with Crippen LogP contribution in [0, 0.1) is 0 Å². The van der Waals surface area contributed by atoms with Crippen molar-refractivity contribution in [3.8, 4) is 17.1 Å². The Hall–Kier alpha value is -3.70. The normalized spacial score (nSPS) is 10.8. The topological polar surface area (TPSA) is 34.0 Å². The molecule has 0 unspecified atom stereocenters. The lowest BCUT2D eigenvalue weighted by atomic mass is 10.1. The fourth-order valence-electron chi connectivity index (χ4n) is 3.32. The highest BCUT2D eigenvalue weighted by Crippen LogP contribution is 2.35. The first-order chi connectivity index (χ1) is 14.4. The molecule has 0 radical (unpaired) electrons. The zero-order chi connectivity index (χ0) is 19.5. The van der Waals surface area contributed by atoms with Crippen LogP contribution in [0.1, 0.15) is 0 Å². The lowest BCUT2D eigenvalue weighted by Gasteiger charge is -2.25. The van der Waals surface area contributed by atoms with Crippen molar-refractivity contribution >= 4 is 28.7 Å². The van der Waals surface area contributed by atoms with E-state index in [1.54, 1.807) is 0 Å². The van der Waals surface area contributed by atoms with Crippen molar-refractivity contribution in [3.05, 3.63) is 109 Å². The number of hydrogen-bond acceptors (Lipinski definition) is 4. The van der Waals surface area contributed by atoms with Crippen LogP contribution in [-0.4, -0.2) is 13.9 Å². The van der Waals surface area contributed by atoms with Gasteiger partial charge in [0.05, 0.1) is 5.69 Å². The van der Waals surface area contributed by atoms with Gasteiger partial charge in [0, 0.05) is 34.7 Å². The SMILES string of the molecule is c1ccc(N(c2cccc(-c3ccsn3)c2)c2cccc(-n3cccc3)n2)cc1. The van der Waals surface area contributed by atoms with Gasteiger partial charge in [0.25, 0.3) is 0 Å². The van der Waals surface area contributed by atoms with Crippen molar-refractivity contribution in [2.24, 2.45) is 0 Å². The molecule has 5 aromatic rings. The van der Waals surface area contributed by atoms with Crippen LogP contribution in [-0.2, 0) is 0 Å². The van der Waals surface area contributed by atoms with Crippen LogP contribution >= 0.6 is 11.5 Å². The first kappa shape index (κ1) is 17.4. The molecule has 3 heterocycles. The maximum Gasteiger partial charge on any atom is 0.140 e. The molecule has 5 rings (SSSR count). The van der Waals surface area contributed by atoms with Gasteiger partial charge >= 0.3 is 0 Å². The van der Waals surface area contributed by atoms with Crippen LogP contribution in [0.5, 0.6) is 0 Å². The summed E-state index contributed by atoms with van der Waals surface area (Å²) >= 11 is 1.46. The van der Waals surface area contributed by atoms with Crippen LogP contribution < -0.4 is 4.90 Å². The Morgan fingerprint density at radius 3 is 2.31 bits per heavy atom. The Kier molecular flexibility index (Phi) is 4.64. The van der Waals surface area contributed by atoms with Crippen LogP contribution in [0.15, 0.2) is 109 Å². The molecular formula is C24H18N4S. The summed E-state index contributed by atoms with van der Waals surface area (Å²) in [6.07, 6.45) is 4.00. The predicted octanol–water partition coefficient (Wildman–Crippen LogP) is 6.47. The largest absolute Gasteiger partial charge is 0.309 e. The average Bonchev–Trinajstić information content (AvgIpc) is 3.50. The molecule has 0 atom stereocenters. The summed E-state index contributed by atoms with van der Waals surface area (Å²) in [5.74, 6) is 1.74. The number of benzene rings is 2. The Bertz CT molecular complexity index is 1120. The minimum atomic E-state index is 0.859. The summed E-state index contributed by atoms with van der Waals surface area (Å²) in [5.41, 5.74) is 4.17. The summed E-state index contributed by atoms with van der Waals surface area (Å²) in [4.78, 5) is 7.11. The van der Waals surface area contributed by atoms with Gasteiger partial charge in [0.15, 0.2) is 0 Å². The van der Waals surface area contributed by atoms with E-state index in [2.05, 4.69) is 45.7 Å². The lowest BCUT2D eigenvalue weighted by molar-refractivity contribution is 0.999. The number of pyridine rings is 1. The molecule has 0 saturated carbocycles. The summed E-state index contributed by atoms with van der Waals surface area (Å²) in [7, 11) is 0. The van der Waals surface area contributed by atoms with Crippen LogP contribution in [0.25, 0.3) is 17.1 Å². The maximum absolute atomic E-state index is 4.94. The molecule has 0 spiro atoms. The summed E-state index contributed by atoms with van der Waals surface area (Å²) in [6, 6.07) is 30.9. The first-order valence-corrected chi connectivity index (χ1v) is 10.2. The van der Waals surface area contributed by atoms with E-state index in [0.717, 1.165) is 34.3 Å². The number of rotatable bonds is 5. The van der Waals surface area contributed by atoms with Crippen LogP contribution in [0.4, 0.5) is 17.2 Å². The maximum atomic E-state index is 4.94. The molecule has 2 aromatic carbocycles. The Morgan fingerprint density at radius 2 is 1.52 bits per heavy atom. The minimum absolute atomic E-state index is 0.859. The van der Waals surface area contributed by atoms with E-state index in [9.17, 15) is 0 Å². The number of aromatic nitrogens is 3. The quantitative estimate of drug-likeness (QED) is 0.343. The van der Waals surface area contributed by atoms with E-state index >= 15 is 0 Å². The standard InChI is InChI=1S/C24H18N4S/c1-2-9-20(10-3-1)28(21-11-6-8-19(18-21)22-14-17-29-26-22)24-13-7-12-23(25-24)27-15-4-5-16-27/h1-18H. The van der Waals surface area contributed by atoms with Gasteiger partial charge in [-0.3, -0.25) is 4.90 Å². The first-order valence-electron chi connectivity index (χ1n) is 9.35. The lowest BCUT2D eigenvalue weighted by Crippen LogP contribution is -2.12. The molecule has 29 heavy (non-hydrogen) atoms. The van der Waals surface area contributed by atoms with Gasteiger partial charge in [-0.25, -0.2) is 4.98 Å². The van der Waals surface area contributed by atoms with E-state index in [-0.39, 0.29) is 0 Å². The zero-order valence-corrected chi connectivity index (χ0v) is 16.4. The van der Waals surface area contributed by atoms with Crippen molar-refractivity contribution in [2.75, 3.05) is 4.90 Å². The molecule has 0 aliphatic rings. The third kappa shape index (κ3) is 3.56. The number of nitrogens with zero attached hydrogens (tertiary/aromatic N) is 4. The van der Waals surface area contributed by atoms with Crippen LogP contribution in [0.3, 0.4) is 0 Å². The second-order valence-electron chi connectivity index (χ2n) is 6.55. The molecular weight excluding hydrogens is 376 g/mol. The van der Waals surface area contributed by atoms with Gasteiger partial charge in [0.2, 0.25) is 0 Å². The van der Waals surface area contributed by atoms with Crippen molar-refractivity contribution in [1.82, 2.24) is 13.9 Å². The van der Waals surface area contributed by atoms with Gasteiger partial charge < -0.3 is 4.57 Å². The van der Waals surface area contributed by atoms with Crippen molar-refractivity contribution < 1.29 is 0 Å². The molecule has 0 fully saturated rings. The highest BCUT2D eigenvalue weighted by Gasteiger charge is 2.15. The zero-order valence-electron chi connectivity index (χ0n) is 15.6. The third-order valence-corrected chi connectivity index (χ3v) is 5.23. The van der Waals surface area contributed by atoms with E-state index in [1.807, 2.05) is 76.9 Å². The molecule has 0 bridgehead atoms. The average molecular weight is 395 g/mol. The fourth-order valence-corrected chi connectivity index (χ4v) is 3.85. The number of hydrogen-bond donors (Lipinski definition) is 0. The molecule has 0 amide bonds. The molecule has 3 aromatic heterocycles. The van der Waals surface area contributed by atoms with Gasteiger partial charge in [0.1, 0.15) is 11.6 Å². The van der Waals surface area contributed by atoms with Crippen molar-refractivity contribution in [3.63, 3.8) is 0 Å². The molecule has 0 aliphatic heterocycles. The molecule has 5 heteroatoms. The molecule has 4 nitrogen and oxygen atoms in total. The summed E-state index contributed by atoms with van der Waals surface area (Å²) in [6.45, 7) is 0. The Labute approximate surface area is 173 Å². The number of para-hydroxylation sites is 1.